The Morgan fingerprint density at radius 3 is 1.62 bits per heavy atom. The van der Waals surface area contributed by atoms with Gasteiger partial charge in [0.1, 0.15) is 11.2 Å². The number of rotatable bonds is 5. The van der Waals surface area contributed by atoms with Gasteiger partial charge in [-0.25, -0.2) is 0 Å². The van der Waals surface area contributed by atoms with E-state index in [0.29, 0.717) is 0 Å². The molecule has 0 aliphatic rings. The van der Waals surface area contributed by atoms with Crippen molar-refractivity contribution in [1.82, 2.24) is 0 Å². The van der Waals surface area contributed by atoms with Crippen molar-refractivity contribution in [2.45, 2.75) is 0 Å². The van der Waals surface area contributed by atoms with Crippen LogP contribution in [-0.4, -0.2) is 0 Å². The highest BCUT2D eigenvalue weighted by Gasteiger charge is 2.19. The summed E-state index contributed by atoms with van der Waals surface area (Å²) in [6, 6.07) is 67.7. The molecule has 10 rings (SSSR count). The van der Waals surface area contributed by atoms with E-state index in [1.54, 1.807) is 0 Å². The number of nitrogens with zero attached hydrogens (tertiary/aromatic N) is 1. The summed E-state index contributed by atoms with van der Waals surface area (Å²) in [6.45, 7) is 0. The minimum Gasteiger partial charge on any atom is -0.456 e. The molecule has 0 spiro atoms. The Bertz CT molecular complexity index is 2880. The van der Waals surface area contributed by atoms with Gasteiger partial charge < -0.3 is 9.32 Å². The van der Waals surface area contributed by atoms with E-state index >= 15 is 0 Å². The standard InChI is InChI=1S/C48H31NO/c1-3-11-35-27-39(18-17-32(35)9-1)34-19-23-41(24-20-34)49(42-25-21-33-10-2-4-12-36(33)28-42)46-16-8-7-15-43(46)40-22-26-47-44(30-40)45-29-37-13-5-6-14-38(37)31-48(45)50-47/h1-31H. The van der Waals surface area contributed by atoms with Crippen molar-refractivity contribution in [2.75, 3.05) is 4.90 Å². The summed E-state index contributed by atoms with van der Waals surface area (Å²) in [5.74, 6) is 0. The lowest BCUT2D eigenvalue weighted by Gasteiger charge is -2.28. The first-order chi connectivity index (χ1) is 24.7. The molecule has 10 aromatic rings. The topological polar surface area (TPSA) is 16.4 Å². The van der Waals surface area contributed by atoms with Gasteiger partial charge in [0.25, 0.3) is 0 Å². The van der Waals surface area contributed by atoms with Crippen LogP contribution in [-0.2, 0) is 0 Å². The van der Waals surface area contributed by atoms with Crippen LogP contribution in [0.15, 0.2) is 192 Å². The molecule has 9 aromatic carbocycles. The lowest BCUT2D eigenvalue weighted by Crippen LogP contribution is -2.11. The molecule has 234 valence electrons. The van der Waals surface area contributed by atoms with Crippen molar-refractivity contribution in [1.29, 1.82) is 0 Å². The second-order valence-corrected chi connectivity index (χ2v) is 13.0. The van der Waals surface area contributed by atoms with E-state index in [1.807, 2.05) is 0 Å². The van der Waals surface area contributed by atoms with E-state index in [9.17, 15) is 0 Å². The molecule has 0 unspecified atom stereocenters. The van der Waals surface area contributed by atoms with Crippen LogP contribution in [0, 0.1) is 0 Å². The smallest absolute Gasteiger partial charge is 0.136 e. The number of furan rings is 1. The van der Waals surface area contributed by atoms with Gasteiger partial charge in [-0.3, -0.25) is 0 Å². The van der Waals surface area contributed by atoms with Crippen molar-refractivity contribution >= 4 is 71.3 Å². The molecular weight excluding hydrogens is 607 g/mol. The Kier molecular flexibility index (Phi) is 6.53. The zero-order valence-corrected chi connectivity index (χ0v) is 27.3. The third kappa shape index (κ3) is 4.81. The molecule has 0 bridgehead atoms. The predicted molar refractivity (Wildman–Crippen MR) is 212 cm³/mol. The summed E-state index contributed by atoms with van der Waals surface area (Å²) < 4.78 is 6.37. The van der Waals surface area contributed by atoms with Crippen molar-refractivity contribution < 1.29 is 4.42 Å². The maximum atomic E-state index is 6.37. The third-order valence-corrected chi connectivity index (χ3v) is 9.99. The number of benzene rings is 9. The van der Waals surface area contributed by atoms with Gasteiger partial charge in [-0.15, -0.1) is 0 Å². The van der Waals surface area contributed by atoms with Crippen molar-refractivity contribution in [3.8, 4) is 22.3 Å². The average molecular weight is 638 g/mol. The molecule has 50 heavy (non-hydrogen) atoms. The second-order valence-electron chi connectivity index (χ2n) is 13.0. The Morgan fingerprint density at radius 1 is 0.320 bits per heavy atom. The number of anilines is 3. The maximum Gasteiger partial charge on any atom is 0.136 e. The van der Waals surface area contributed by atoms with E-state index in [1.165, 1.54) is 43.4 Å². The number of hydrogen-bond donors (Lipinski definition) is 0. The summed E-state index contributed by atoms with van der Waals surface area (Å²) in [5, 5.41) is 9.58. The zero-order valence-electron chi connectivity index (χ0n) is 27.3. The minimum absolute atomic E-state index is 0.896. The first-order valence-corrected chi connectivity index (χ1v) is 17.1. The Hall–Kier alpha value is -6.64. The van der Waals surface area contributed by atoms with Gasteiger partial charge in [0.05, 0.1) is 5.69 Å². The maximum absolute atomic E-state index is 6.37. The highest BCUT2D eigenvalue weighted by Crippen LogP contribution is 2.43. The molecule has 0 aliphatic heterocycles. The molecule has 1 heterocycles. The van der Waals surface area contributed by atoms with Crippen LogP contribution in [0.25, 0.3) is 76.5 Å². The first kappa shape index (κ1) is 28.4. The van der Waals surface area contributed by atoms with E-state index in [-0.39, 0.29) is 0 Å². The van der Waals surface area contributed by atoms with Crippen LogP contribution >= 0.6 is 0 Å². The lowest BCUT2D eigenvalue weighted by atomic mass is 9.98. The Morgan fingerprint density at radius 2 is 0.860 bits per heavy atom. The van der Waals surface area contributed by atoms with Gasteiger partial charge in [-0.1, -0.05) is 127 Å². The molecule has 0 N–H and O–H groups in total. The van der Waals surface area contributed by atoms with Gasteiger partial charge in [0.2, 0.25) is 0 Å². The highest BCUT2D eigenvalue weighted by molar-refractivity contribution is 6.11. The van der Waals surface area contributed by atoms with Crippen LogP contribution in [0.4, 0.5) is 17.1 Å². The molecule has 0 saturated heterocycles. The molecule has 0 amide bonds. The third-order valence-electron chi connectivity index (χ3n) is 9.99. The van der Waals surface area contributed by atoms with Crippen LogP contribution < -0.4 is 4.90 Å². The molecule has 2 nitrogen and oxygen atoms in total. The zero-order chi connectivity index (χ0) is 33.0. The fourth-order valence-electron chi connectivity index (χ4n) is 7.46. The molecular formula is C48H31NO. The van der Waals surface area contributed by atoms with Gasteiger partial charge in [-0.05, 0) is 110 Å². The lowest BCUT2D eigenvalue weighted by molar-refractivity contribution is 0.669. The molecule has 2 heteroatoms. The molecule has 0 aliphatic carbocycles. The summed E-state index contributed by atoms with van der Waals surface area (Å²) in [4.78, 5) is 2.39. The molecule has 0 fully saturated rings. The highest BCUT2D eigenvalue weighted by atomic mass is 16.3. The summed E-state index contributed by atoms with van der Waals surface area (Å²) in [6.07, 6.45) is 0. The summed E-state index contributed by atoms with van der Waals surface area (Å²) in [7, 11) is 0. The summed E-state index contributed by atoms with van der Waals surface area (Å²) in [5.41, 5.74) is 9.81. The number of fused-ring (bicyclic) bond motifs is 6. The SMILES string of the molecule is c1ccc(N(c2ccc(-c3ccc4ccccc4c3)cc2)c2ccc3ccccc3c2)c(-c2ccc3oc4cc5ccccc5cc4c3c2)c1. The predicted octanol–water partition coefficient (Wildman–Crippen LogP) is 13.8. The van der Waals surface area contributed by atoms with Crippen molar-refractivity contribution in [2.24, 2.45) is 0 Å². The Labute approximate surface area is 290 Å². The van der Waals surface area contributed by atoms with E-state index in [2.05, 4.69) is 193 Å². The van der Waals surface area contributed by atoms with Crippen LogP contribution in [0.2, 0.25) is 0 Å². The first-order valence-electron chi connectivity index (χ1n) is 17.1. The largest absolute Gasteiger partial charge is 0.456 e. The minimum atomic E-state index is 0.896. The summed E-state index contributed by atoms with van der Waals surface area (Å²) >= 11 is 0. The molecule has 0 saturated carbocycles. The molecule has 0 radical (unpaired) electrons. The van der Waals surface area contributed by atoms with Gasteiger partial charge in [-0.2, -0.15) is 0 Å². The van der Waals surface area contributed by atoms with Crippen LogP contribution in [0.3, 0.4) is 0 Å². The van der Waals surface area contributed by atoms with Crippen molar-refractivity contribution in [3.63, 3.8) is 0 Å². The van der Waals surface area contributed by atoms with Gasteiger partial charge >= 0.3 is 0 Å². The second kappa shape index (κ2) is 11.5. The van der Waals surface area contributed by atoms with E-state index < -0.39 is 0 Å². The fraction of sp³-hybridized carbons (Fsp3) is 0. The number of hydrogen-bond acceptors (Lipinski definition) is 2. The van der Waals surface area contributed by atoms with E-state index in [4.69, 9.17) is 4.42 Å². The van der Waals surface area contributed by atoms with Gasteiger partial charge in [0, 0.05) is 27.7 Å². The fourth-order valence-corrected chi connectivity index (χ4v) is 7.46. The normalized spacial score (nSPS) is 11.6. The van der Waals surface area contributed by atoms with Crippen molar-refractivity contribution in [3.05, 3.63) is 188 Å². The monoisotopic (exact) mass is 637 g/mol. The van der Waals surface area contributed by atoms with Crippen LogP contribution in [0.5, 0.6) is 0 Å². The molecule has 1 aromatic heterocycles. The Balaban J connectivity index is 1.13. The van der Waals surface area contributed by atoms with Crippen LogP contribution in [0.1, 0.15) is 0 Å². The van der Waals surface area contributed by atoms with Gasteiger partial charge in [0.15, 0.2) is 0 Å². The average Bonchev–Trinajstić information content (AvgIpc) is 3.54. The molecule has 0 atom stereocenters. The quantitative estimate of drug-likeness (QED) is 0.187. The number of para-hydroxylation sites is 1. The van der Waals surface area contributed by atoms with E-state index in [0.717, 1.165) is 50.1 Å².